The van der Waals surface area contributed by atoms with Crippen LogP contribution in [0.15, 0.2) is 24.3 Å². The number of imidazole rings is 1. The SMILES string of the molecule is CCC1=C[C@@H](n2cnc3c(N)ncnc32)[C@H](O)[C@@H]1O. The predicted octanol–water partition coefficient (Wildman–Crippen LogP) is 0.0214. The molecule has 0 amide bonds. The number of anilines is 1. The van der Waals surface area contributed by atoms with Gasteiger partial charge in [-0.2, -0.15) is 0 Å². The van der Waals surface area contributed by atoms with Crippen LogP contribution >= 0.6 is 0 Å². The molecule has 7 nitrogen and oxygen atoms in total. The summed E-state index contributed by atoms with van der Waals surface area (Å²) in [7, 11) is 0. The minimum absolute atomic E-state index is 0.302. The number of aliphatic hydroxyl groups excluding tert-OH is 2. The lowest BCUT2D eigenvalue weighted by Gasteiger charge is -2.18. The van der Waals surface area contributed by atoms with Crippen molar-refractivity contribution in [1.29, 1.82) is 0 Å². The van der Waals surface area contributed by atoms with E-state index in [2.05, 4.69) is 15.0 Å². The van der Waals surface area contributed by atoms with Crippen LogP contribution in [0.5, 0.6) is 0 Å². The fourth-order valence-electron chi connectivity index (χ4n) is 2.48. The van der Waals surface area contributed by atoms with Gasteiger partial charge in [-0.15, -0.1) is 0 Å². The number of aliphatic hydroxyl groups is 2. The van der Waals surface area contributed by atoms with Crippen LogP contribution in [0.2, 0.25) is 0 Å². The van der Waals surface area contributed by atoms with E-state index in [0.717, 1.165) is 5.57 Å². The summed E-state index contributed by atoms with van der Waals surface area (Å²) in [5, 5.41) is 20.1. The summed E-state index contributed by atoms with van der Waals surface area (Å²) in [6.45, 7) is 1.94. The smallest absolute Gasteiger partial charge is 0.166 e. The van der Waals surface area contributed by atoms with Gasteiger partial charge in [0.2, 0.25) is 0 Å². The Morgan fingerprint density at radius 3 is 2.79 bits per heavy atom. The number of rotatable bonds is 2. The third-order valence-corrected chi connectivity index (χ3v) is 3.55. The van der Waals surface area contributed by atoms with Crippen LogP contribution in [-0.2, 0) is 0 Å². The van der Waals surface area contributed by atoms with Crippen molar-refractivity contribution in [1.82, 2.24) is 19.5 Å². The van der Waals surface area contributed by atoms with Crippen molar-refractivity contribution in [3.05, 3.63) is 24.3 Å². The molecule has 0 radical (unpaired) electrons. The van der Waals surface area contributed by atoms with Gasteiger partial charge in [-0.25, -0.2) is 15.0 Å². The fourth-order valence-corrected chi connectivity index (χ4v) is 2.48. The molecule has 0 saturated heterocycles. The van der Waals surface area contributed by atoms with E-state index in [4.69, 9.17) is 5.73 Å². The maximum Gasteiger partial charge on any atom is 0.166 e. The van der Waals surface area contributed by atoms with Crippen LogP contribution in [0.1, 0.15) is 19.4 Å². The van der Waals surface area contributed by atoms with Crippen molar-refractivity contribution in [3.63, 3.8) is 0 Å². The Labute approximate surface area is 109 Å². The lowest BCUT2D eigenvalue weighted by Crippen LogP contribution is -2.29. The molecule has 0 unspecified atom stereocenters. The minimum atomic E-state index is -0.900. The molecule has 3 atom stereocenters. The highest BCUT2D eigenvalue weighted by Gasteiger charge is 2.35. The fraction of sp³-hybridized carbons (Fsp3) is 0.417. The number of aromatic nitrogens is 4. The molecule has 2 aromatic heterocycles. The van der Waals surface area contributed by atoms with Crippen molar-refractivity contribution < 1.29 is 10.2 Å². The van der Waals surface area contributed by atoms with Gasteiger partial charge in [0.25, 0.3) is 0 Å². The zero-order chi connectivity index (χ0) is 13.6. The zero-order valence-corrected chi connectivity index (χ0v) is 10.4. The number of nitrogens with zero attached hydrogens (tertiary/aromatic N) is 4. The number of fused-ring (bicyclic) bond motifs is 1. The average Bonchev–Trinajstić information content (AvgIpc) is 2.94. The van der Waals surface area contributed by atoms with Crippen molar-refractivity contribution in [2.45, 2.75) is 31.6 Å². The molecule has 0 spiro atoms. The number of hydrogen-bond acceptors (Lipinski definition) is 6. The molecule has 19 heavy (non-hydrogen) atoms. The second kappa shape index (κ2) is 4.29. The quantitative estimate of drug-likeness (QED) is 0.657. The molecule has 3 rings (SSSR count). The topological polar surface area (TPSA) is 110 Å². The van der Waals surface area contributed by atoms with Crippen molar-refractivity contribution >= 4 is 17.0 Å². The lowest BCUT2D eigenvalue weighted by atomic mass is 10.1. The van der Waals surface area contributed by atoms with Crippen LogP contribution in [0.25, 0.3) is 11.2 Å². The van der Waals surface area contributed by atoms with Crippen molar-refractivity contribution in [2.24, 2.45) is 0 Å². The Morgan fingerprint density at radius 2 is 2.11 bits per heavy atom. The molecule has 0 saturated carbocycles. The first-order chi connectivity index (χ1) is 9.13. The van der Waals surface area contributed by atoms with Gasteiger partial charge in [-0.05, 0) is 12.0 Å². The standard InChI is InChI=1S/C12H15N5O2/c1-2-6-3-7(10(19)9(6)18)17-5-16-8-11(13)14-4-15-12(8)17/h3-5,7,9-10,18-19H,2H2,1H3,(H2,13,14,15)/t7-,9-,10+/m1/s1. The summed E-state index contributed by atoms with van der Waals surface area (Å²) in [6.07, 6.45) is 3.73. The Hall–Kier alpha value is -1.99. The van der Waals surface area contributed by atoms with Gasteiger partial charge in [0, 0.05) is 0 Å². The number of nitrogens with two attached hydrogens (primary N) is 1. The van der Waals surface area contributed by atoms with Gasteiger partial charge in [-0.3, -0.25) is 0 Å². The first-order valence-corrected chi connectivity index (χ1v) is 6.13. The third kappa shape index (κ3) is 1.70. The van der Waals surface area contributed by atoms with Crippen molar-refractivity contribution in [2.75, 3.05) is 5.73 Å². The Kier molecular flexibility index (Phi) is 2.72. The van der Waals surface area contributed by atoms with E-state index < -0.39 is 12.2 Å². The van der Waals surface area contributed by atoms with Gasteiger partial charge in [-0.1, -0.05) is 13.0 Å². The van der Waals surface area contributed by atoms with Gasteiger partial charge in [0.15, 0.2) is 11.5 Å². The monoisotopic (exact) mass is 261 g/mol. The summed E-state index contributed by atoms with van der Waals surface area (Å²) < 4.78 is 1.71. The molecule has 2 aromatic rings. The first kappa shape index (κ1) is 12.1. The second-order valence-corrected chi connectivity index (χ2v) is 4.60. The summed E-state index contributed by atoms with van der Waals surface area (Å²) >= 11 is 0. The van der Waals surface area contributed by atoms with E-state index in [-0.39, 0.29) is 6.04 Å². The number of hydrogen-bond donors (Lipinski definition) is 3. The molecular formula is C12H15N5O2. The molecule has 0 fully saturated rings. The summed E-state index contributed by atoms with van der Waals surface area (Å²) in [4.78, 5) is 12.2. The van der Waals surface area contributed by atoms with E-state index >= 15 is 0 Å². The third-order valence-electron chi connectivity index (χ3n) is 3.55. The van der Waals surface area contributed by atoms with E-state index in [1.165, 1.54) is 6.33 Å². The van der Waals surface area contributed by atoms with Crippen LogP contribution in [0.3, 0.4) is 0 Å². The Balaban J connectivity index is 2.11. The van der Waals surface area contributed by atoms with E-state index in [9.17, 15) is 10.2 Å². The minimum Gasteiger partial charge on any atom is -0.388 e. The van der Waals surface area contributed by atoms with Crippen LogP contribution in [0, 0.1) is 0 Å². The van der Waals surface area contributed by atoms with Crippen LogP contribution < -0.4 is 5.73 Å². The van der Waals surface area contributed by atoms with Gasteiger partial charge in [0.1, 0.15) is 24.1 Å². The number of nitrogen functional groups attached to an aromatic ring is 1. The maximum atomic E-state index is 10.1. The summed E-state index contributed by atoms with van der Waals surface area (Å²) in [5.74, 6) is 0.302. The van der Waals surface area contributed by atoms with Crippen molar-refractivity contribution in [3.8, 4) is 0 Å². The molecule has 0 bridgehead atoms. The maximum absolute atomic E-state index is 10.1. The summed E-state index contributed by atoms with van der Waals surface area (Å²) in [5.41, 5.74) is 7.61. The van der Waals surface area contributed by atoms with Gasteiger partial charge >= 0.3 is 0 Å². The molecule has 100 valence electrons. The Bertz CT molecular complexity index is 651. The summed E-state index contributed by atoms with van der Waals surface area (Å²) in [6, 6.07) is -0.385. The first-order valence-electron chi connectivity index (χ1n) is 6.13. The van der Waals surface area contributed by atoms with Gasteiger partial charge < -0.3 is 20.5 Å². The molecule has 2 heterocycles. The highest BCUT2D eigenvalue weighted by Crippen LogP contribution is 2.32. The van der Waals surface area contributed by atoms with E-state index in [1.54, 1.807) is 10.9 Å². The molecule has 1 aliphatic carbocycles. The molecular weight excluding hydrogens is 246 g/mol. The molecule has 1 aliphatic rings. The Morgan fingerprint density at radius 1 is 1.32 bits per heavy atom. The molecule has 0 aliphatic heterocycles. The molecule has 0 aromatic carbocycles. The van der Waals surface area contributed by atoms with E-state index in [0.29, 0.717) is 23.4 Å². The van der Waals surface area contributed by atoms with Crippen LogP contribution in [-0.4, -0.2) is 41.9 Å². The highest BCUT2D eigenvalue weighted by atomic mass is 16.3. The van der Waals surface area contributed by atoms with Gasteiger partial charge in [0.05, 0.1) is 12.4 Å². The van der Waals surface area contributed by atoms with Crippen LogP contribution in [0.4, 0.5) is 5.82 Å². The van der Waals surface area contributed by atoms with E-state index in [1.807, 2.05) is 13.0 Å². The zero-order valence-electron chi connectivity index (χ0n) is 10.4. The lowest BCUT2D eigenvalue weighted by molar-refractivity contribution is 0.0318. The highest BCUT2D eigenvalue weighted by molar-refractivity contribution is 5.81. The normalized spacial score (nSPS) is 26.9. The molecule has 4 N–H and O–H groups in total. The largest absolute Gasteiger partial charge is 0.388 e. The average molecular weight is 261 g/mol. The second-order valence-electron chi connectivity index (χ2n) is 4.60. The molecule has 7 heteroatoms. The predicted molar refractivity (Wildman–Crippen MR) is 69.2 cm³/mol.